The molecule has 138 valence electrons. The van der Waals surface area contributed by atoms with Crippen molar-refractivity contribution in [3.63, 3.8) is 0 Å². The van der Waals surface area contributed by atoms with Crippen LogP contribution in [0.2, 0.25) is 0 Å². The van der Waals surface area contributed by atoms with Gasteiger partial charge in [-0.25, -0.2) is 9.97 Å². The molecule has 1 aliphatic carbocycles. The molecule has 5 heteroatoms. The Morgan fingerprint density at radius 2 is 1.67 bits per heavy atom. The third-order valence-electron chi connectivity index (χ3n) is 4.65. The maximum Gasteiger partial charge on any atom is 0.227 e. The van der Waals surface area contributed by atoms with E-state index >= 15 is 0 Å². The molecule has 2 aromatic heterocycles. The van der Waals surface area contributed by atoms with Crippen molar-refractivity contribution in [2.24, 2.45) is 5.92 Å². The summed E-state index contributed by atoms with van der Waals surface area (Å²) in [6.45, 7) is 4.46. The number of aromatic nitrogens is 3. The highest BCUT2D eigenvalue weighted by atomic mass is 15.1. The molecule has 3 aromatic rings. The van der Waals surface area contributed by atoms with Crippen molar-refractivity contribution in [2.75, 3.05) is 10.6 Å². The predicted molar refractivity (Wildman–Crippen MR) is 110 cm³/mol. The second-order valence-electron chi connectivity index (χ2n) is 7.58. The van der Waals surface area contributed by atoms with E-state index in [0.717, 1.165) is 23.5 Å². The first-order valence-corrected chi connectivity index (χ1v) is 9.56. The highest BCUT2D eigenvalue weighted by Gasteiger charge is 2.26. The fraction of sp³-hybridized carbons (Fsp3) is 0.318. The van der Waals surface area contributed by atoms with Crippen LogP contribution in [0, 0.1) is 5.92 Å². The Balaban J connectivity index is 1.40. The van der Waals surface area contributed by atoms with E-state index in [-0.39, 0.29) is 0 Å². The molecule has 1 fully saturated rings. The fourth-order valence-electron chi connectivity index (χ4n) is 3.18. The molecule has 1 aliphatic rings. The lowest BCUT2D eigenvalue weighted by molar-refractivity contribution is 0.647. The van der Waals surface area contributed by atoms with Crippen LogP contribution in [0.3, 0.4) is 0 Å². The summed E-state index contributed by atoms with van der Waals surface area (Å²) >= 11 is 0. The van der Waals surface area contributed by atoms with Gasteiger partial charge in [0, 0.05) is 23.8 Å². The van der Waals surface area contributed by atoms with Gasteiger partial charge in [0.2, 0.25) is 5.95 Å². The van der Waals surface area contributed by atoms with E-state index in [2.05, 4.69) is 63.7 Å². The number of benzene rings is 1. The van der Waals surface area contributed by atoms with E-state index < -0.39 is 0 Å². The minimum atomic E-state index is 0.592. The van der Waals surface area contributed by atoms with E-state index in [9.17, 15) is 0 Å². The van der Waals surface area contributed by atoms with Gasteiger partial charge in [-0.15, -0.1) is 0 Å². The molecule has 5 nitrogen and oxygen atoms in total. The van der Waals surface area contributed by atoms with Gasteiger partial charge in [0.1, 0.15) is 0 Å². The maximum absolute atomic E-state index is 4.43. The van der Waals surface area contributed by atoms with Crippen LogP contribution in [-0.2, 0) is 6.42 Å². The average Bonchev–Trinajstić information content (AvgIpc) is 3.50. The van der Waals surface area contributed by atoms with Gasteiger partial charge in [-0.3, -0.25) is 4.98 Å². The lowest BCUT2D eigenvalue weighted by atomic mass is 10.0. The van der Waals surface area contributed by atoms with Crippen molar-refractivity contribution < 1.29 is 0 Å². The SMILES string of the molecule is CC(C)Cc1ccc(Nc2ncc(Nc3ccncc3C3CC3)cn2)cc1. The minimum absolute atomic E-state index is 0.592. The van der Waals surface area contributed by atoms with Gasteiger partial charge in [0.05, 0.1) is 18.1 Å². The summed E-state index contributed by atoms with van der Waals surface area (Å²) in [5.74, 6) is 1.89. The summed E-state index contributed by atoms with van der Waals surface area (Å²) in [7, 11) is 0. The minimum Gasteiger partial charge on any atom is -0.353 e. The Morgan fingerprint density at radius 3 is 2.33 bits per heavy atom. The van der Waals surface area contributed by atoms with Crippen LogP contribution in [0.5, 0.6) is 0 Å². The first-order chi connectivity index (χ1) is 13.2. The molecule has 0 bridgehead atoms. The summed E-state index contributed by atoms with van der Waals surface area (Å²) < 4.78 is 0. The van der Waals surface area contributed by atoms with Crippen molar-refractivity contribution in [2.45, 2.75) is 39.0 Å². The van der Waals surface area contributed by atoms with Crippen LogP contribution in [0.4, 0.5) is 23.0 Å². The second-order valence-corrected chi connectivity index (χ2v) is 7.58. The quantitative estimate of drug-likeness (QED) is 0.588. The maximum atomic E-state index is 4.43. The van der Waals surface area contributed by atoms with Crippen molar-refractivity contribution in [1.29, 1.82) is 0 Å². The van der Waals surface area contributed by atoms with Crippen LogP contribution in [0.15, 0.2) is 55.1 Å². The fourth-order valence-corrected chi connectivity index (χ4v) is 3.18. The molecular weight excluding hydrogens is 334 g/mol. The standard InChI is InChI=1S/C22H25N5/c1-15(2)11-16-3-7-18(8-4-16)27-22-24-12-19(13-25-22)26-21-9-10-23-14-20(21)17-5-6-17/h3-4,7-10,12-15,17H,5-6,11H2,1-2H3,(H,23,26)(H,24,25,27). The number of hydrogen-bond donors (Lipinski definition) is 2. The number of anilines is 4. The van der Waals surface area contributed by atoms with Gasteiger partial charge in [0.15, 0.2) is 0 Å². The summed E-state index contributed by atoms with van der Waals surface area (Å²) in [5.41, 5.74) is 5.59. The van der Waals surface area contributed by atoms with Crippen LogP contribution in [-0.4, -0.2) is 15.0 Å². The Bertz CT molecular complexity index is 883. The average molecular weight is 359 g/mol. The largest absolute Gasteiger partial charge is 0.353 e. The van der Waals surface area contributed by atoms with Crippen LogP contribution >= 0.6 is 0 Å². The summed E-state index contributed by atoms with van der Waals surface area (Å²) in [4.78, 5) is 13.1. The van der Waals surface area contributed by atoms with Crippen molar-refractivity contribution in [1.82, 2.24) is 15.0 Å². The van der Waals surface area contributed by atoms with Crippen LogP contribution in [0.1, 0.15) is 43.7 Å². The highest BCUT2D eigenvalue weighted by molar-refractivity contribution is 5.63. The highest BCUT2D eigenvalue weighted by Crippen LogP contribution is 2.43. The predicted octanol–water partition coefficient (Wildman–Crippen LogP) is 5.43. The Labute approximate surface area is 160 Å². The van der Waals surface area contributed by atoms with E-state index in [1.165, 1.54) is 24.0 Å². The van der Waals surface area contributed by atoms with Crippen molar-refractivity contribution >= 4 is 23.0 Å². The Kier molecular flexibility index (Phi) is 5.01. The molecule has 0 spiro atoms. The first kappa shape index (κ1) is 17.5. The molecule has 27 heavy (non-hydrogen) atoms. The molecule has 0 saturated heterocycles. The lowest BCUT2D eigenvalue weighted by Crippen LogP contribution is -2.00. The Morgan fingerprint density at radius 1 is 0.926 bits per heavy atom. The van der Waals surface area contributed by atoms with E-state index in [4.69, 9.17) is 0 Å². The zero-order valence-electron chi connectivity index (χ0n) is 15.8. The molecule has 1 saturated carbocycles. The summed E-state index contributed by atoms with van der Waals surface area (Å²) in [6.07, 6.45) is 11.0. The number of hydrogen-bond acceptors (Lipinski definition) is 5. The molecule has 0 amide bonds. The van der Waals surface area contributed by atoms with Crippen LogP contribution < -0.4 is 10.6 Å². The van der Waals surface area contributed by atoms with Crippen molar-refractivity contribution in [3.8, 4) is 0 Å². The third kappa shape index (κ3) is 4.61. The molecule has 2 N–H and O–H groups in total. The number of nitrogens with one attached hydrogen (secondary N) is 2. The number of rotatable bonds is 7. The molecule has 4 rings (SSSR count). The van der Waals surface area contributed by atoms with Crippen molar-refractivity contribution in [3.05, 3.63) is 66.2 Å². The lowest BCUT2D eigenvalue weighted by Gasteiger charge is -2.11. The molecule has 0 unspecified atom stereocenters. The zero-order chi connectivity index (χ0) is 18.6. The van der Waals surface area contributed by atoms with Gasteiger partial charge in [-0.05, 0) is 60.4 Å². The summed E-state index contributed by atoms with van der Waals surface area (Å²) in [5, 5.41) is 6.67. The normalized spacial score (nSPS) is 13.6. The van der Waals surface area contributed by atoms with E-state index in [1.54, 1.807) is 12.4 Å². The molecule has 0 radical (unpaired) electrons. The molecule has 0 atom stereocenters. The first-order valence-electron chi connectivity index (χ1n) is 9.56. The Hall–Kier alpha value is -2.95. The van der Waals surface area contributed by atoms with Gasteiger partial charge < -0.3 is 10.6 Å². The monoisotopic (exact) mass is 359 g/mol. The number of pyridine rings is 1. The number of nitrogens with zero attached hydrogens (tertiary/aromatic N) is 3. The molecular formula is C22H25N5. The summed E-state index contributed by atoms with van der Waals surface area (Å²) in [6, 6.07) is 10.5. The third-order valence-corrected chi connectivity index (χ3v) is 4.65. The van der Waals surface area contributed by atoms with E-state index in [1.807, 2.05) is 18.5 Å². The molecule has 2 heterocycles. The van der Waals surface area contributed by atoms with Crippen LogP contribution in [0.25, 0.3) is 0 Å². The smallest absolute Gasteiger partial charge is 0.227 e. The molecule has 0 aliphatic heterocycles. The van der Waals surface area contributed by atoms with Gasteiger partial charge in [0.25, 0.3) is 0 Å². The topological polar surface area (TPSA) is 62.7 Å². The van der Waals surface area contributed by atoms with E-state index in [0.29, 0.717) is 17.8 Å². The second kappa shape index (κ2) is 7.74. The molecule has 1 aromatic carbocycles. The zero-order valence-corrected chi connectivity index (χ0v) is 15.8. The van der Waals surface area contributed by atoms with Gasteiger partial charge >= 0.3 is 0 Å². The van der Waals surface area contributed by atoms with Gasteiger partial charge in [-0.1, -0.05) is 26.0 Å². The van der Waals surface area contributed by atoms with Gasteiger partial charge in [-0.2, -0.15) is 0 Å².